The number of hydrogen-bond donors (Lipinski definition) is 1. The van der Waals surface area contributed by atoms with Gasteiger partial charge in [-0.05, 0) is 24.3 Å². The second-order valence-electron chi connectivity index (χ2n) is 6.65. The molecule has 9 nitrogen and oxygen atoms in total. The molecule has 0 unspecified atom stereocenters. The van der Waals surface area contributed by atoms with Crippen molar-refractivity contribution in [2.24, 2.45) is 0 Å². The van der Waals surface area contributed by atoms with Crippen molar-refractivity contribution < 1.29 is 14.0 Å². The van der Waals surface area contributed by atoms with Gasteiger partial charge in [0, 0.05) is 17.8 Å². The van der Waals surface area contributed by atoms with Crippen molar-refractivity contribution in [2.75, 3.05) is 11.9 Å². The third-order valence-corrected chi connectivity index (χ3v) is 5.68. The van der Waals surface area contributed by atoms with Gasteiger partial charge in [0.25, 0.3) is 11.8 Å². The number of carbonyl (C=O) groups excluding carboxylic acids is 2. The van der Waals surface area contributed by atoms with Crippen LogP contribution in [0.15, 0.2) is 59.3 Å². The molecule has 5 rings (SSSR count). The lowest BCUT2D eigenvalue weighted by Gasteiger charge is -2.25. The molecule has 2 amide bonds. The number of thiazole rings is 1. The molecule has 0 saturated heterocycles. The quantitative estimate of drug-likeness (QED) is 0.544. The largest absolute Gasteiger partial charge is 0.459 e. The van der Waals surface area contributed by atoms with Crippen molar-refractivity contribution in [3.8, 4) is 5.69 Å². The summed E-state index contributed by atoms with van der Waals surface area (Å²) in [5.74, 6) is -0.310. The third-order valence-electron chi connectivity index (χ3n) is 4.68. The first kappa shape index (κ1) is 18.3. The van der Waals surface area contributed by atoms with Crippen LogP contribution in [0.2, 0.25) is 0 Å². The van der Waals surface area contributed by atoms with E-state index in [1.807, 2.05) is 30.3 Å². The van der Waals surface area contributed by atoms with Gasteiger partial charge in [-0.25, -0.2) is 4.98 Å². The number of anilines is 1. The summed E-state index contributed by atoms with van der Waals surface area (Å²) in [4.78, 5) is 33.6. The summed E-state index contributed by atoms with van der Waals surface area (Å²) < 4.78 is 5.10. The number of carbonyl (C=O) groups is 2. The van der Waals surface area contributed by atoms with E-state index in [2.05, 4.69) is 20.5 Å². The molecule has 0 spiro atoms. The van der Waals surface area contributed by atoms with Crippen LogP contribution in [0.1, 0.15) is 31.6 Å². The van der Waals surface area contributed by atoms with Crippen molar-refractivity contribution in [3.05, 3.63) is 76.9 Å². The molecule has 3 aromatic heterocycles. The maximum Gasteiger partial charge on any atom is 0.293 e. The van der Waals surface area contributed by atoms with E-state index in [1.54, 1.807) is 17.0 Å². The van der Waals surface area contributed by atoms with E-state index >= 15 is 0 Å². The minimum atomic E-state index is -0.350. The smallest absolute Gasteiger partial charge is 0.293 e. The average molecular weight is 420 g/mol. The second-order valence-corrected chi connectivity index (χ2v) is 7.74. The van der Waals surface area contributed by atoms with Crippen molar-refractivity contribution in [1.29, 1.82) is 0 Å². The number of para-hydroxylation sites is 1. The molecule has 4 aromatic rings. The zero-order chi connectivity index (χ0) is 20.5. The molecule has 0 atom stereocenters. The number of aromatic nitrogens is 4. The van der Waals surface area contributed by atoms with E-state index in [0.29, 0.717) is 24.6 Å². The van der Waals surface area contributed by atoms with Gasteiger partial charge in [0.1, 0.15) is 0 Å². The fourth-order valence-electron chi connectivity index (χ4n) is 3.20. The maximum atomic E-state index is 12.9. The van der Waals surface area contributed by atoms with Crippen molar-refractivity contribution in [3.63, 3.8) is 0 Å². The maximum absolute atomic E-state index is 12.9. The molecule has 10 heteroatoms. The summed E-state index contributed by atoms with van der Waals surface area (Å²) in [6.07, 6.45) is 3.53. The molecule has 1 aromatic carbocycles. The normalized spacial score (nSPS) is 13.1. The van der Waals surface area contributed by atoms with Gasteiger partial charge in [0.2, 0.25) is 0 Å². The zero-order valence-corrected chi connectivity index (χ0v) is 16.5. The van der Waals surface area contributed by atoms with E-state index in [9.17, 15) is 9.59 Å². The van der Waals surface area contributed by atoms with Crippen molar-refractivity contribution in [1.82, 2.24) is 24.9 Å². The fourth-order valence-corrected chi connectivity index (χ4v) is 4.22. The number of hydrogen-bond acceptors (Lipinski definition) is 7. The standard InChI is InChI=1S/C20H16N6O3S/c27-18(16-7-4-10-29-16)23-20-22-14-8-9-25(12-17(14)30-20)19(28)15-11-21-26(24-15)13-5-2-1-3-6-13/h1-7,10-11H,8-9,12H2,(H,22,23,27). The van der Waals surface area contributed by atoms with E-state index in [0.717, 1.165) is 16.3 Å². The fraction of sp³-hybridized carbons (Fsp3) is 0.150. The molecule has 1 aliphatic heterocycles. The van der Waals surface area contributed by atoms with E-state index in [1.165, 1.54) is 28.6 Å². The molecule has 30 heavy (non-hydrogen) atoms. The Labute approximate surface area is 175 Å². The Kier molecular flexibility index (Phi) is 4.60. The monoisotopic (exact) mass is 420 g/mol. The number of furan rings is 1. The Balaban J connectivity index is 1.29. The number of amides is 2. The average Bonchev–Trinajstić information content (AvgIpc) is 3.53. The van der Waals surface area contributed by atoms with Crippen LogP contribution in [-0.2, 0) is 13.0 Å². The highest BCUT2D eigenvalue weighted by atomic mass is 32.1. The molecule has 0 bridgehead atoms. The summed E-state index contributed by atoms with van der Waals surface area (Å²) in [5.41, 5.74) is 1.97. The number of fused-ring (bicyclic) bond motifs is 1. The predicted molar refractivity (Wildman–Crippen MR) is 109 cm³/mol. The van der Waals surface area contributed by atoms with E-state index < -0.39 is 0 Å². The minimum absolute atomic E-state index is 0.183. The molecule has 1 N–H and O–H groups in total. The molecule has 0 aliphatic carbocycles. The molecule has 4 heterocycles. The highest BCUT2D eigenvalue weighted by molar-refractivity contribution is 7.15. The first-order valence-corrected chi connectivity index (χ1v) is 10.1. The number of rotatable bonds is 4. The Morgan fingerprint density at radius 2 is 2.00 bits per heavy atom. The van der Waals surface area contributed by atoms with Crippen LogP contribution in [0.4, 0.5) is 5.13 Å². The highest BCUT2D eigenvalue weighted by Crippen LogP contribution is 2.29. The van der Waals surface area contributed by atoms with Crippen LogP contribution in [0.25, 0.3) is 5.69 Å². The topological polar surface area (TPSA) is 106 Å². The Hall–Kier alpha value is -3.79. The summed E-state index contributed by atoms with van der Waals surface area (Å²) in [7, 11) is 0. The highest BCUT2D eigenvalue weighted by Gasteiger charge is 2.27. The first-order chi connectivity index (χ1) is 14.7. The van der Waals surface area contributed by atoms with Crippen LogP contribution < -0.4 is 5.32 Å². The lowest BCUT2D eigenvalue weighted by molar-refractivity contribution is 0.0729. The van der Waals surface area contributed by atoms with Gasteiger partial charge in [0.15, 0.2) is 16.6 Å². The van der Waals surface area contributed by atoms with Crippen LogP contribution in [0.3, 0.4) is 0 Å². The lowest BCUT2D eigenvalue weighted by Crippen LogP contribution is -2.35. The number of nitrogens with zero attached hydrogens (tertiary/aromatic N) is 5. The van der Waals surface area contributed by atoms with Gasteiger partial charge in [-0.3, -0.25) is 14.9 Å². The number of nitrogens with one attached hydrogen (secondary N) is 1. The Morgan fingerprint density at radius 1 is 1.13 bits per heavy atom. The Morgan fingerprint density at radius 3 is 2.80 bits per heavy atom. The predicted octanol–water partition coefficient (Wildman–Crippen LogP) is 2.77. The summed E-state index contributed by atoms with van der Waals surface area (Å²) in [6.45, 7) is 0.944. The van der Waals surface area contributed by atoms with Gasteiger partial charge >= 0.3 is 0 Å². The van der Waals surface area contributed by atoms with Crippen LogP contribution >= 0.6 is 11.3 Å². The molecule has 150 valence electrons. The van der Waals surface area contributed by atoms with Crippen LogP contribution in [-0.4, -0.2) is 43.2 Å². The van der Waals surface area contributed by atoms with Gasteiger partial charge in [-0.2, -0.15) is 9.90 Å². The second kappa shape index (κ2) is 7.56. The zero-order valence-electron chi connectivity index (χ0n) is 15.7. The third kappa shape index (κ3) is 3.48. The van der Waals surface area contributed by atoms with Crippen molar-refractivity contribution in [2.45, 2.75) is 13.0 Å². The van der Waals surface area contributed by atoms with Gasteiger partial charge in [0.05, 0.1) is 30.4 Å². The van der Waals surface area contributed by atoms with Crippen molar-refractivity contribution >= 4 is 28.3 Å². The van der Waals surface area contributed by atoms with Crippen LogP contribution in [0, 0.1) is 0 Å². The molecular formula is C20H16N6O3S. The minimum Gasteiger partial charge on any atom is -0.459 e. The summed E-state index contributed by atoms with van der Waals surface area (Å²) in [5, 5.41) is 11.8. The number of benzene rings is 1. The van der Waals surface area contributed by atoms with Gasteiger partial charge in [-0.15, -0.1) is 5.10 Å². The Bertz CT molecular complexity index is 1200. The molecule has 0 radical (unpaired) electrons. The summed E-state index contributed by atoms with van der Waals surface area (Å²) >= 11 is 1.36. The van der Waals surface area contributed by atoms with E-state index in [-0.39, 0.29) is 23.3 Å². The first-order valence-electron chi connectivity index (χ1n) is 9.28. The molecular weight excluding hydrogens is 404 g/mol. The van der Waals surface area contributed by atoms with E-state index in [4.69, 9.17) is 4.42 Å². The van der Waals surface area contributed by atoms with Gasteiger partial charge < -0.3 is 9.32 Å². The molecule has 1 aliphatic rings. The summed E-state index contributed by atoms with van der Waals surface area (Å²) in [6, 6.07) is 12.7. The molecule has 0 saturated carbocycles. The SMILES string of the molecule is O=C(Nc1nc2c(s1)CN(C(=O)c1cnn(-c3ccccc3)n1)CC2)c1ccco1. The lowest BCUT2D eigenvalue weighted by atomic mass is 10.1. The van der Waals surface area contributed by atoms with Crippen LogP contribution in [0.5, 0.6) is 0 Å². The molecule has 0 fully saturated rings. The van der Waals surface area contributed by atoms with Gasteiger partial charge in [-0.1, -0.05) is 29.5 Å².